The second kappa shape index (κ2) is 7.80. The Balaban J connectivity index is 1.68. The van der Waals surface area contributed by atoms with Crippen molar-refractivity contribution in [2.45, 2.75) is 44.1 Å². The zero-order chi connectivity index (χ0) is 17.7. The van der Waals surface area contributed by atoms with Crippen LogP contribution in [-0.2, 0) is 6.42 Å². The van der Waals surface area contributed by atoms with E-state index in [0.717, 1.165) is 42.5 Å². The Kier molecular flexibility index (Phi) is 5.50. The predicted molar refractivity (Wildman–Crippen MR) is 101 cm³/mol. The van der Waals surface area contributed by atoms with Crippen molar-refractivity contribution < 1.29 is 15.0 Å². The summed E-state index contributed by atoms with van der Waals surface area (Å²) in [6, 6.07) is 8.52. The molecule has 0 radical (unpaired) electrons. The van der Waals surface area contributed by atoms with E-state index in [0.29, 0.717) is 17.0 Å². The quantitative estimate of drug-likeness (QED) is 0.312. The van der Waals surface area contributed by atoms with Crippen LogP contribution in [0.1, 0.15) is 46.7 Å². The first-order valence-electron chi connectivity index (χ1n) is 8.46. The highest BCUT2D eigenvalue weighted by molar-refractivity contribution is 7.14. The third-order valence-electron chi connectivity index (χ3n) is 4.49. The van der Waals surface area contributed by atoms with Crippen molar-refractivity contribution in [1.82, 2.24) is 0 Å². The molecule has 1 saturated carbocycles. The van der Waals surface area contributed by atoms with E-state index < -0.39 is 5.60 Å². The Labute approximate surface area is 151 Å². The zero-order valence-electron chi connectivity index (χ0n) is 13.9. The van der Waals surface area contributed by atoms with Gasteiger partial charge in [0.15, 0.2) is 6.29 Å². The van der Waals surface area contributed by atoms with Crippen LogP contribution in [0.5, 0.6) is 5.75 Å². The molecule has 1 heterocycles. The normalized spacial score (nSPS) is 16.8. The number of benzene rings is 1. The fraction of sp³-hybridized carbons (Fsp3) is 0.368. The zero-order valence-corrected chi connectivity index (χ0v) is 14.8. The molecular formula is C19H22N2O3S. The smallest absolute Gasteiger partial charge is 0.162 e. The van der Waals surface area contributed by atoms with Gasteiger partial charge in [0.1, 0.15) is 5.75 Å². The van der Waals surface area contributed by atoms with E-state index in [9.17, 15) is 15.0 Å². The number of hydrogen-bond donors (Lipinski definition) is 3. The number of phenolic OH excluding ortho intramolecular Hbond substituents is 1. The molecule has 2 aromatic rings. The van der Waals surface area contributed by atoms with Crippen LogP contribution in [-0.4, -0.2) is 28.4 Å². The van der Waals surface area contributed by atoms with Gasteiger partial charge in [0, 0.05) is 17.0 Å². The first-order chi connectivity index (χ1) is 12.1. The van der Waals surface area contributed by atoms with Gasteiger partial charge in [-0.05, 0) is 43.2 Å². The number of phenols is 1. The molecule has 0 amide bonds. The number of nitrogens with one attached hydrogen (secondary N) is 1. The Morgan fingerprint density at radius 3 is 2.60 bits per heavy atom. The van der Waals surface area contributed by atoms with Crippen molar-refractivity contribution in [3.8, 4) is 5.75 Å². The predicted octanol–water partition coefficient (Wildman–Crippen LogP) is 4.28. The number of aliphatic imine (C=N–C) groups is 1. The van der Waals surface area contributed by atoms with Crippen molar-refractivity contribution in [3.05, 3.63) is 40.1 Å². The molecule has 0 bridgehead atoms. The fourth-order valence-corrected chi connectivity index (χ4v) is 4.22. The molecule has 0 unspecified atom stereocenters. The van der Waals surface area contributed by atoms with Crippen LogP contribution in [0.25, 0.3) is 0 Å². The summed E-state index contributed by atoms with van der Waals surface area (Å²) in [5.74, 6) is 0.203. The summed E-state index contributed by atoms with van der Waals surface area (Å²) in [6.07, 6.45) is 7.87. The number of anilines is 1. The summed E-state index contributed by atoms with van der Waals surface area (Å²) in [4.78, 5) is 17.2. The molecule has 5 nitrogen and oxygen atoms in total. The Morgan fingerprint density at radius 1 is 1.20 bits per heavy atom. The fourth-order valence-electron chi connectivity index (χ4n) is 3.16. The summed E-state index contributed by atoms with van der Waals surface area (Å²) in [6.45, 7) is 0. The monoisotopic (exact) mass is 358 g/mol. The number of carbonyl (C=O) groups is 1. The maximum absolute atomic E-state index is 11.3. The third kappa shape index (κ3) is 4.67. The minimum Gasteiger partial charge on any atom is -0.508 e. The van der Waals surface area contributed by atoms with Gasteiger partial charge in [0.05, 0.1) is 22.5 Å². The molecule has 1 aliphatic rings. The van der Waals surface area contributed by atoms with Crippen molar-refractivity contribution >= 4 is 35.3 Å². The van der Waals surface area contributed by atoms with Gasteiger partial charge >= 0.3 is 0 Å². The molecule has 1 aromatic heterocycles. The summed E-state index contributed by atoms with van der Waals surface area (Å²) in [5, 5.41) is 23.0. The molecule has 0 spiro atoms. The molecule has 1 aromatic carbocycles. The SMILES string of the molecule is O=Cc1sc(CC2(O)CCCCC2)cc1/N=C\Nc1ccc(O)cc1. The van der Waals surface area contributed by atoms with Crippen LogP contribution in [0.3, 0.4) is 0 Å². The Bertz CT molecular complexity index is 747. The van der Waals surface area contributed by atoms with Crippen molar-refractivity contribution in [2.75, 3.05) is 5.32 Å². The second-order valence-electron chi connectivity index (χ2n) is 6.49. The van der Waals surface area contributed by atoms with E-state index in [2.05, 4.69) is 10.3 Å². The van der Waals surface area contributed by atoms with Crippen LogP contribution in [0.4, 0.5) is 11.4 Å². The molecular weight excluding hydrogens is 336 g/mol. The summed E-state index contributed by atoms with van der Waals surface area (Å²) in [5.41, 5.74) is 0.760. The number of thiophene rings is 1. The van der Waals surface area contributed by atoms with Crippen LogP contribution in [0.15, 0.2) is 35.3 Å². The Hall–Kier alpha value is -2.18. The summed E-state index contributed by atoms with van der Waals surface area (Å²) >= 11 is 1.40. The average Bonchev–Trinajstić information content (AvgIpc) is 2.98. The molecule has 1 aliphatic carbocycles. The number of rotatable bonds is 6. The van der Waals surface area contributed by atoms with E-state index in [1.54, 1.807) is 24.3 Å². The minimum absolute atomic E-state index is 0.203. The molecule has 6 heteroatoms. The first-order valence-corrected chi connectivity index (χ1v) is 9.28. The molecule has 132 valence electrons. The van der Waals surface area contributed by atoms with Crippen LogP contribution < -0.4 is 5.32 Å². The Morgan fingerprint density at radius 2 is 1.92 bits per heavy atom. The number of aromatic hydroxyl groups is 1. The standard InChI is InChI=1S/C19H22N2O3S/c22-12-18-17(21-13-20-14-4-6-15(23)7-5-14)10-16(25-18)11-19(24)8-2-1-3-9-19/h4-7,10,12-13,23-24H,1-3,8-9,11H2,(H,20,21). The number of nitrogens with zero attached hydrogens (tertiary/aromatic N) is 1. The van der Waals surface area contributed by atoms with Gasteiger partial charge in [0.2, 0.25) is 0 Å². The highest BCUT2D eigenvalue weighted by Crippen LogP contribution is 2.36. The van der Waals surface area contributed by atoms with Crippen molar-refractivity contribution in [1.29, 1.82) is 0 Å². The summed E-state index contributed by atoms with van der Waals surface area (Å²) in [7, 11) is 0. The maximum atomic E-state index is 11.3. The molecule has 0 saturated heterocycles. The van der Waals surface area contributed by atoms with Gasteiger partial charge in [-0.15, -0.1) is 11.3 Å². The molecule has 3 N–H and O–H groups in total. The number of carbonyl (C=O) groups excluding carboxylic acids is 1. The number of hydrogen-bond acceptors (Lipinski definition) is 5. The van der Waals surface area contributed by atoms with Gasteiger partial charge in [-0.3, -0.25) is 4.79 Å². The topological polar surface area (TPSA) is 81.9 Å². The lowest BCUT2D eigenvalue weighted by atomic mass is 9.82. The van der Waals surface area contributed by atoms with E-state index in [1.807, 2.05) is 6.07 Å². The van der Waals surface area contributed by atoms with E-state index in [-0.39, 0.29) is 5.75 Å². The van der Waals surface area contributed by atoms with Gasteiger partial charge in [-0.1, -0.05) is 19.3 Å². The lowest BCUT2D eigenvalue weighted by Gasteiger charge is -2.31. The van der Waals surface area contributed by atoms with Crippen LogP contribution >= 0.6 is 11.3 Å². The van der Waals surface area contributed by atoms with Gasteiger partial charge in [-0.25, -0.2) is 4.99 Å². The van der Waals surface area contributed by atoms with E-state index in [4.69, 9.17) is 0 Å². The molecule has 1 fully saturated rings. The van der Waals surface area contributed by atoms with Crippen LogP contribution in [0.2, 0.25) is 0 Å². The highest BCUT2D eigenvalue weighted by Gasteiger charge is 2.30. The van der Waals surface area contributed by atoms with Crippen molar-refractivity contribution in [2.24, 2.45) is 4.99 Å². The van der Waals surface area contributed by atoms with Gasteiger partial charge in [0.25, 0.3) is 0 Å². The van der Waals surface area contributed by atoms with Crippen molar-refractivity contribution in [3.63, 3.8) is 0 Å². The maximum Gasteiger partial charge on any atom is 0.162 e. The molecule has 3 rings (SSSR count). The molecule has 0 aliphatic heterocycles. The minimum atomic E-state index is -0.644. The highest BCUT2D eigenvalue weighted by atomic mass is 32.1. The number of aldehydes is 1. The third-order valence-corrected chi connectivity index (χ3v) is 5.54. The van der Waals surface area contributed by atoms with Crippen LogP contribution in [0, 0.1) is 0 Å². The van der Waals surface area contributed by atoms with E-state index >= 15 is 0 Å². The lowest BCUT2D eigenvalue weighted by molar-refractivity contribution is 0.00519. The molecule has 25 heavy (non-hydrogen) atoms. The summed E-state index contributed by atoms with van der Waals surface area (Å²) < 4.78 is 0. The van der Waals surface area contributed by atoms with E-state index in [1.165, 1.54) is 24.1 Å². The second-order valence-corrected chi connectivity index (χ2v) is 7.66. The first kappa shape index (κ1) is 17.6. The number of aliphatic hydroxyl groups is 1. The lowest BCUT2D eigenvalue weighted by Crippen LogP contribution is -2.33. The average molecular weight is 358 g/mol. The van der Waals surface area contributed by atoms with Gasteiger partial charge in [-0.2, -0.15) is 0 Å². The largest absolute Gasteiger partial charge is 0.508 e. The molecule has 0 atom stereocenters. The van der Waals surface area contributed by atoms with Gasteiger partial charge < -0.3 is 15.5 Å².